The van der Waals surface area contributed by atoms with Crippen molar-refractivity contribution in [3.8, 4) is 6.07 Å². The third kappa shape index (κ3) is 1.30. The third-order valence-electron chi connectivity index (χ3n) is 2.45. The first-order chi connectivity index (χ1) is 6.65. The Morgan fingerprint density at radius 1 is 1.43 bits per heavy atom. The molecule has 0 bridgehead atoms. The third-order valence-corrected chi connectivity index (χ3v) is 4.34. The number of rotatable bonds is 1. The van der Waals surface area contributed by atoms with Gasteiger partial charge >= 0.3 is 0 Å². The highest BCUT2D eigenvalue weighted by Crippen LogP contribution is 2.36. The molecule has 1 aliphatic rings. The maximum Gasteiger partial charge on any atom is 0.179 e. The van der Waals surface area contributed by atoms with Gasteiger partial charge in [-0.15, -0.1) is 0 Å². The second kappa shape index (κ2) is 3.10. The first-order valence-corrected chi connectivity index (χ1v) is 5.99. The zero-order valence-electron chi connectivity index (χ0n) is 7.47. The predicted octanol–water partition coefficient (Wildman–Crippen LogP) is 1.47. The van der Waals surface area contributed by atoms with Crippen LogP contribution in [0.5, 0.6) is 0 Å². The Hall–Kier alpha value is -1.34. The highest BCUT2D eigenvalue weighted by Gasteiger charge is 2.33. The maximum atomic E-state index is 11.6. The van der Waals surface area contributed by atoms with Crippen LogP contribution in [0.1, 0.15) is 17.9 Å². The van der Waals surface area contributed by atoms with Gasteiger partial charge in [0.15, 0.2) is 9.84 Å². The average Bonchev–Trinajstić information content (AvgIpc) is 2.41. The van der Waals surface area contributed by atoms with Crippen molar-refractivity contribution in [2.75, 3.05) is 5.75 Å². The predicted molar refractivity (Wildman–Crippen MR) is 51.5 cm³/mol. The summed E-state index contributed by atoms with van der Waals surface area (Å²) in [6, 6.07) is 8.95. The van der Waals surface area contributed by atoms with E-state index in [2.05, 4.69) is 0 Å². The van der Waals surface area contributed by atoms with Gasteiger partial charge < -0.3 is 0 Å². The van der Waals surface area contributed by atoms with E-state index in [0.717, 1.165) is 5.56 Å². The summed E-state index contributed by atoms with van der Waals surface area (Å²) >= 11 is 0. The summed E-state index contributed by atoms with van der Waals surface area (Å²) in [6.45, 7) is 0. The maximum absolute atomic E-state index is 11.6. The first kappa shape index (κ1) is 9.22. The van der Waals surface area contributed by atoms with Crippen LogP contribution in [0.25, 0.3) is 0 Å². The molecule has 0 N–H and O–H groups in total. The molecule has 1 unspecified atom stereocenters. The molecule has 72 valence electrons. The number of nitriles is 1. The van der Waals surface area contributed by atoms with Crippen molar-refractivity contribution >= 4 is 9.84 Å². The second-order valence-electron chi connectivity index (χ2n) is 3.38. The van der Waals surface area contributed by atoms with Crippen LogP contribution in [0, 0.1) is 11.3 Å². The fourth-order valence-electron chi connectivity index (χ4n) is 1.82. The minimum atomic E-state index is -3.13. The van der Waals surface area contributed by atoms with E-state index in [1.807, 2.05) is 12.1 Å². The summed E-state index contributed by atoms with van der Waals surface area (Å²) in [6.07, 6.45) is 0.274. The Morgan fingerprint density at radius 2 is 2.14 bits per heavy atom. The molecule has 3 nitrogen and oxygen atoms in total. The van der Waals surface area contributed by atoms with E-state index in [4.69, 9.17) is 5.26 Å². The van der Waals surface area contributed by atoms with Crippen molar-refractivity contribution in [1.82, 2.24) is 0 Å². The van der Waals surface area contributed by atoms with Gasteiger partial charge in [0.05, 0.1) is 16.7 Å². The zero-order chi connectivity index (χ0) is 10.2. The van der Waals surface area contributed by atoms with Crippen LogP contribution in [0.3, 0.4) is 0 Å². The van der Waals surface area contributed by atoms with Crippen LogP contribution in [0.2, 0.25) is 0 Å². The number of sulfone groups is 1. The molecule has 1 aromatic rings. The Kier molecular flexibility index (Phi) is 2.05. The van der Waals surface area contributed by atoms with Crippen molar-refractivity contribution in [1.29, 1.82) is 5.26 Å². The molecule has 0 spiro atoms. The molecule has 1 atom stereocenters. The number of fused-ring (bicyclic) bond motifs is 1. The molecule has 14 heavy (non-hydrogen) atoms. The summed E-state index contributed by atoms with van der Waals surface area (Å²) in [5.74, 6) is -0.0545. The van der Waals surface area contributed by atoms with Crippen LogP contribution in [-0.4, -0.2) is 14.2 Å². The Bertz CT molecular complexity index is 499. The van der Waals surface area contributed by atoms with Crippen molar-refractivity contribution in [3.63, 3.8) is 0 Å². The lowest BCUT2D eigenvalue weighted by Gasteiger charge is -2.02. The molecule has 0 fully saturated rings. The minimum absolute atomic E-state index is 0.0832. The molecule has 0 radical (unpaired) electrons. The lowest BCUT2D eigenvalue weighted by atomic mass is 9.99. The molecule has 1 aromatic carbocycles. The summed E-state index contributed by atoms with van der Waals surface area (Å²) in [4.78, 5) is 0.403. The summed E-state index contributed by atoms with van der Waals surface area (Å²) in [5.41, 5.74) is 0.800. The molecular weight excluding hydrogens is 198 g/mol. The lowest BCUT2D eigenvalue weighted by molar-refractivity contribution is 0.597. The smallest absolute Gasteiger partial charge is 0.179 e. The fourth-order valence-corrected chi connectivity index (χ4v) is 3.71. The second-order valence-corrected chi connectivity index (χ2v) is 5.38. The molecule has 0 saturated heterocycles. The van der Waals surface area contributed by atoms with Gasteiger partial charge in [0, 0.05) is 12.3 Å². The molecule has 0 aromatic heterocycles. The van der Waals surface area contributed by atoms with E-state index >= 15 is 0 Å². The van der Waals surface area contributed by atoms with Gasteiger partial charge in [-0.3, -0.25) is 0 Å². The van der Waals surface area contributed by atoms with Gasteiger partial charge in [0.2, 0.25) is 0 Å². The molecule has 0 amide bonds. The zero-order valence-corrected chi connectivity index (χ0v) is 8.29. The van der Waals surface area contributed by atoms with Crippen molar-refractivity contribution < 1.29 is 8.42 Å². The fraction of sp³-hybridized carbons (Fsp3) is 0.300. The van der Waals surface area contributed by atoms with E-state index < -0.39 is 9.84 Å². The molecule has 2 rings (SSSR count). The Balaban J connectivity index is 2.56. The minimum Gasteiger partial charge on any atom is -0.224 e. The van der Waals surface area contributed by atoms with Gasteiger partial charge in [0.1, 0.15) is 0 Å². The highest BCUT2D eigenvalue weighted by molar-refractivity contribution is 7.91. The van der Waals surface area contributed by atoms with Crippen molar-refractivity contribution in [2.45, 2.75) is 17.2 Å². The highest BCUT2D eigenvalue weighted by atomic mass is 32.2. The van der Waals surface area contributed by atoms with Gasteiger partial charge in [-0.2, -0.15) is 5.26 Å². The summed E-state index contributed by atoms with van der Waals surface area (Å²) in [7, 11) is -3.13. The molecule has 0 aliphatic carbocycles. The lowest BCUT2D eigenvalue weighted by Crippen LogP contribution is -2.02. The van der Waals surface area contributed by atoms with Gasteiger partial charge in [-0.25, -0.2) is 8.42 Å². The van der Waals surface area contributed by atoms with Crippen LogP contribution >= 0.6 is 0 Å². The topological polar surface area (TPSA) is 57.9 Å². The summed E-state index contributed by atoms with van der Waals surface area (Å²) < 4.78 is 23.3. The molecule has 0 saturated carbocycles. The van der Waals surface area contributed by atoms with Crippen LogP contribution < -0.4 is 0 Å². The normalized spacial score (nSPS) is 22.6. The molecule has 1 heterocycles. The average molecular weight is 207 g/mol. The van der Waals surface area contributed by atoms with Gasteiger partial charge in [-0.05, 0) is 11.6 Å². The SMILES string of the molecule is N#CCC1CS(=O)(=O)c2ccccc21. The number of nitrogens with zero attached hydrogens (tertiary/aromatic N) is 1. The number of benzene rings is 1. The van der Waals surface area contributed by atoms with Crippen molar-refractivity contribution in [2.24, 2.45) is 0 Å². The van der Waals surface area contributed by atoms with E-state index in [9.17, 15) is 8.42 Å². The van der Waals surface area contributed by atoms with E-state index in [1.165, 1.54) is 0 Å². The molecule has 4 heteroatoms. The Labute approximate surface area is 82.9 Å². The van der Waals surface area contributed by atoms with Gasteiger partial charge in [0.25, 0.3) is 0 Å². The van der Waals surface area contributed by atoms with E-state index in [1.54, 1.807) is 18.2 Å². The van der Waals surface area contributed by atoms with E-state index in [-0.39, 0.29) is 18.1 Å². The van der Waals surface area contributed by atoms with Crippen LogP contribution in [0.4, 0.5) is 0 Å². The quantitative estimate of drug-likeness (QED) is 0.700. The Morgan fingerprint density at radius 3 is 2.86 bits per heavy atom. The molecule has 1 aliphatic heterocycles. The number of hydrogen-bond acceptors (Lipinski definition) is 3. The molecular formula is C10H9NO2S. The van der Waals surface area contributed by atoms with Crippen molar-refractivity contribution in [3.05, 3.63) is 29.8 Å². The summed E-state index contributed by atoms with van der Waals surface area (Å²) in [5, 5.41) is 8.58. The standard InChI is InChI=1S/C10H9NO2S/c11-6-5-8-7-14(12,13)10-4-2-1-3-9(8)10/h1-4,8H,5,7H2. The largest absolute Gasteiger partial charge is 0.224 e. The first-order valence-electron chi connectivity index (χ1n) is 4.34. The van der Waals surface area contributed by atoms with Crippen LogP contribution in [0.15, 0.2) is 29.2 Å². The van der Waals surface area contributed by atoms with E-state index in [0.29, 0.717) is 4.90 Å². The van der Waals surface area contributed by atoms with Crippen LogP contribution in [-0.2, 0) is 9.84 Å². The monoisotopic (exact) mass is 207 g/mol. The van der Waals surface area contributed by atoms with Gasteiger partial charge in [-0.1, -0.05) is 18.2 Å². The number of hydrogen-bond donors (Lipinski definition) is 0.